The fraction of sp³-hybridized carbons (Fsp3) is 0.500. The molecule has 0 radical (unpaired) electrons. The summed E-state index contributed by atoms with van der Waals surface area (Å²) in [6, 6.07) is 1.33. The summed E-state index contributed by atoms with van der Waals surface area (Å²) >= 11 is 12.5. The highest BCUT2D eigenvalue weighted by Crippen LogP contribution is 2.33. The molecule has 0 aromatic carbocycles. The van der Waals surface area contributed by atoms with Crippen molar-refractivity contribution in [2.75, 3.05) is 13.7 Å². The summed E-state index contributed by atoms with van der Waals surface area (Å²) < 4.78 is 31.4. The average molecular weight is 304 g/mol. The topological polar surface area (TPSA) is 55.4 Å². The van der Waals surface area contributed by atoms with E-state index in [2.05, 4.69) is 4.72 Å². The number of ether oxygens (including phenoxy) is 1. The molecule has 1 aromatic rings. The van der Waals surface area contributed by atoms with E-state index < -0.39 is 10.0 Å². The maximum absolute atomic E-state index is 11.8. The van der Waals surface area contributed by atoms with Gasteiger partial charge >= 0.3 is 0 Å². The SMILES string of the molecule is COC(C)CNS(=O)(=O)c1cc(Cl)sc1Cl. The molecule has 92 valence electrons. The van der Waals surface area contributed by atoms with E-state index in [-0.39, 0.29) is 21.9 Å². The lowest BCUT2D eigenvalue weighted by atomic mass is 10.4. The standard InChI is InChI=1S/C8H11Cl2NO3S2/c1-5(14-2)4-11-16(12,13)6-3-7(9)15-8(6)10/h3,5,11H,4H2,1-2H3. The number of methoxy groups -OCH3 is 1. The van der Waals surface area contributed by atoms with Crippen LogP contribution in [0.5, 0.6) is 0 Å². The Morgan fingerprint density at radius 1 is 1.56 bits per heavy atom. The number of hydrogen-bond donors (Lipinski definition) is 1. The van der Waals surface area contributed by atoms with E-state index in [4.69, 9.17) is 27.9 Å². The first-order valence-electron chi connectivity index (χ1n) is 4.34. The lowest BCUT2D eigenvalue weighted by Crippen LogP contribution is -2.31. The highest BCUT2D eigenvalue weighted by atomic mass is 35.5. The molecule has 1 atom stereocenters. The van der Waals surface area contributed by atoms with E-state index in [0.29, 0.717) is 4.34 Å². The molecule has 0 amide bonds. The van der Waals surface area contributed by atoms with Crippen molar-refractivity contribution < 1.29 is 13.2 Å². The predicted octanol–water partition coefficient (Wildman–Crippen LogP) is 2.37. The van der Waals surface area contributed by atoms with Crippen molar-refractivity contribution in [1.82, 2.24) is 4.72 Å². The highest BCUT2D eigenvalue weighted by Gasteiger charge is 2.21. The van der Waals surface area contributed by atoms with Gasteiger partial charge in [-0.3, -0.25) is 0 Å². The second kappa shape index (κ2) is 5.66. The van der Waals surface area contributed by atoms with Crippen LogP contribution in [-0.4, -0.2) is 28.2 Å². The normalized spacial score (nSPS) is 14.0. The first-order valence-corrected chi connectivity index (χ1v) is 7.39. The molecule has 0 saturated carbocycles. The van der Waals surface area contributed by atoms with Crippen LogP contribution >= 0.6 is 34.5 Å². The van der Waals surface area contributed by atoms with Gasteiger partial charge in [-0.25, -0.2) is 13.1 Å². The van der Waals surface area contributed by atoms with Gasteiger partial charge < -0.3 is 4.74 Å². The number of halogens is 2. The summed E-state index contributed by atoms with van der Waals surface area (Å²) in [7, 11) is -2.10. The first kappa shape index (κ1) is 14.2. The molecule has 1 rings (SSSR count). The summed E-state index contributed by atoms with van der Waals surface area (Å²) in [5.41, 5.74) is 0. The molecular weight excluding hydrogens is 293 g/mol. The second-order valence-electron chi connectivity index (χ2n) is 3.09. The third kappa shape index (κ3) is 3.58. The Morgan fingerprint density at radius 3 is 2.62 bits per heavy atom. The number of nitrogens with one attached hydrogen (secondary N) is 1. The Bertz CT molecular complexity index is 458. The molecule has 1 aromatic heterocycles. The smallest absolute Gasteiger partial charge is 0.243 e. The Labute approximate surface area is 109 Å². The monoisotopic (exact) mass is 303 g/mol. The number of rotatable bonds is 5. The Morgan fingerprint density at radius 2 is 2.19 bits per heavy atom. The van der Waals surface area contributed by atoms with Crippen molar-refractivity contribution in [3.8, 4) is 0 Å². The van der Waals surface area contributed by atoms with Gasteiger partial charge in [-0.15, -0.1) is 11.3 Å². The average Bonchev–Trinajstić information content (AvgIpc) is 2.55. The number of sulfonamides is 1. The molecule has 16 heavy (non-hydrogen) atoms. The Hall–Kier alpha value is 0.150. The fourth-order valence-corrected chi connectivity index (χ4v) is 4.16. The van der Waals surface area contributed by atoms with Gasteiger partial charge in [0.1, 0.15) is 9.23 Å². The summed E-state index contributed by atoms with van der Waals surface area (Å²) in [6.45, 7) is 1.94. The van der Waals surface area contributed by atoms with Gasteiger partial charge in [-0.2, -0.15) is 0 Å². The van der Waals surface area contributed by atoms with E-state index in [1.807, 2.05) is 0 Å². The van der Waals surface area contributed by atoms with E-state index in [0.717, 1.165) is 11.3 Å². The van der Waals surface area contributed by atoms with Gasteiger partial charge in [0.15, 0.2) is 0 Å². The molecule has 8 heteroatoms. The Kier molecular flexibility index (Phi) is 5.03. The summed E-state index contributed by atoms with van der Waals surface area (Å²) in [5.74, 6) is 0. The highest BCUT2D eigenvalue weighted by molar-refractivity contribution is 7.89. The van der Waals surface area contributed by atoms with Gasteiger partial charge in [-0.05, 0) is 13.0 Å². The minimum Gasteiger partial charge on any atom is -0.380 e. The zero-order valence-corrected chi connectivity index (χ0v) is 11.8. The van der Waals surface area contributed by atoms with Crippen LogP contribution in [0.2, 0.25) is 8.67 Å². The molecule has 1 heterocycles. The fourth-order valence-electron chi connectivity index (χ4n) is 0.897. The van der Waals surface area contributed by atoms with Crippen LogP contribution in [0.15, 0.2) is 11.0 Å². The molecule has 0 saturated heterocycles. The number of hydrogen-bond acceptors (Lipinski definition) is 4. The van der Waals surface area contributed by atoms with E-state index in [1.54, 1.807) is 6.92 Å². The lowest BCUT2D eigenvalue weighted by molar-refractivity contribution is 0.122. The van der Waals surface area contributed by atoms with Crippen LogP contribution in [0, 0.1) is 0 Å². The third-order valence-corrected chi connectivity index (χ3v) is 5.05. The molecule has 0 bridgehead atoms. The molecule has 0 aliphatic carbocycles. The number of thiophene rings is 1. The van der Waals surface area contributed by atoms with Gasteiger partial charge in [0.2, 0.25) is 10.0 Å². The third-order valence-electron chi connectivity index (χ3n) is 1.88. The quantitative estimate of drug-likeness (QED) is 0.908. The van der Waals surface area contributed by atoms with E-state index in [9.17, 15) is 8.42 Å². The van der Waals surface area contributed by atoms with Crippen molar-refractivity contribution in [2.24, 2.45) is 0 Å². The summed E-state index contributed by atoms with van der Waals surface area (Å²) in [5, 5.41) is 0. The van der Waals surface area contributed by atoms with Crippen LogP contribution in [0.25, 0.3) is 0 Å². The minimum atomic E-state index is -3.61. The Balaban J connectivity index is 2.82. The summed E-state index contributed by atoms with van der Waals surface area (Å²) in [4.78, 5) is 0.00692. The molecule has 1 unspecified atom stereocenters. The van der Waals surface area contributed by atoms with Crippen LogP contribution in [0.3, 0.4) is 0 Å². The maximum atomic E-state index is 11.8. The molecule has 0 aliphatic rings. The molecule has 4 nitrogen and oxygen atoms in total. The van der Waals surface area contributed by atoms with Gasteiger partial charge in [0.05, 0.1) is 10.4 Å². The van der Waals surface area contributed by atoms with Crippen molar-refractivity contribution in [3.05, 3.63) is 14.7 Å². The van der Waals surface area contributed by atoms with Crippen LogP contribution in [0.4, 0.5) is 0 Å². The van der Waals surface area contributed by atoms with Crippen LogP contribution in [-0.2, 0) is 14.8 Å². The largest absolute Gasteiger partial charge is 0.380 e. The van der Waals surface area contributed by atoms with Crippen molar-refractivity contribution in [2.45, 2.75) is 17.9 Å². The molecule has 0 spiro atoms. The second-order valence-corrected chi connectivity index (χ2v) is 7.11. The van der Waals surface area contributed by atoms with Gasteiger partial charge in [0.25, 0.3) is 0 Å². The molecular formula is C8H11Cl2NO3S2. The molecule has 1 N–H and O–H groups in total. The maximum Gasteiger partial charge on any atom is 0.243 e. The van der Waals surface area contributed by atoms with Crippen molar-refractivity contribution in [1.29, 1.82) is 0 Å². The van der Waals surface area contributed by atoms with E-state index in [1.165, 1.54) is 13.2 Å². The van der Waals surface area contributed by atoms with Crippen molar-refractivity contribution >= 4 is 44.6 Å². The van der Waals surface area contributed by atoms with Crippen LogP contribution in [0.1, 0.15) is 6.92 Å². The van der Waals surface area contributed by atoms with Gasteiger partial charge in [0, 0.05) is 13.7 Å². The molecule has 0 aliphatic heterocycles. The zero-order valence-electron chi connectivity index (χ0n) is 8.66. The lowest BCUT2D eigenvalue weighted by Gasteiger charge is -2.10. The van der Waals surface area contributed by atoms with Gasteiger partial charge in [-0.1, -0.05) is 23.2 Å². The summed E-state index contributed by atoms with van der Waals surface area (Å²) in [6.07, 6.45) is -0.206. The van der Waals surface area contributed by atoms with E-state index >= 15 is 0 Å². The zero-order chi connectivity index (χ0) is 12.3. The predicted molar refractivity (Wildman–Crippen MR) is 66.0 cm³/mol. The van der Waals surface area contributed by atoms with Crippen LogP contribution < -0.4 is 4.72 Å². The van der Waals surface area contributed by atoms with Crippen molar-refractivity contribution in [3.63, 3.8) is 0 Å². The molecule has 0 fully saturated rings. The first-order chi connectivity index (χ1) is 7.36. The minimum absolute atomic E-state index is 0.00692.